The van der Waals surface area contributed by atoms with Crippen LogP contribution in [0.25, 0.3) is 5.65 Å². The average molecular weight is 618 g/mol. The third kappa shape index (κ3) is 9.27. The highest BCUT2D eigenvalue weighted by Crippen LogP contribution is 2.42. The first-order chi connectivity index (χ1) is 19.6. The van der Waals surface area contributed by atoms with Crippen LogP contribution in [0, 0.1) is 0 Å². The molecule has 2 bridgehead atoms. The van der Waals surface area contributed by atoms with Gasteiger partial charge >= 0.3 is 6.09 Å². The zero-order chi connectivity index (χ0) is 30.7. The van der Waals surface area contributed by atoms with Crippen molar-refractivity contribution in [2.45, 2.75) is 128 Å². The second-order valence-corrected chi connectivity index (χ2v) is 26.9. The number of hydrogen-bond acceptors (Lipinski definition) is 7. The molecule has 4 heterocycles. The maximum absolute atomic E-state index is 13.2. The van der Waals surface area contributed by atoms with Crippen molar-refractivity contribution in [2.75, 3.05) is 31.6 Å². The molecule has 2 aliphatic heterocycles. The topological polar surface area (TPSA) is 81.4 Å². The van der Waals surface area contributed by atoms with Gasteiger partial charge in [0.1, 0.15) is 24.9 Å². The van der Waals surface area contributed by atoms with Crippen LogP contribution in [0.3, 0.4) is 0 Å². The SMILES string of the molecule is CC(C)(C)OC(=O)N1C2CCCC1CC(c1cc(N(COCC[Si](C)(C)C)COCC[Si](C)(C)C)n3nccc3n1)C2. The Morgan fingerprint density at radius 3 is 2.07 bits per heavy atom. The van der Waals surface area contributed by atoms with Crippen LogP contribution in [0.1, 0.15) is 64.5 Å². The van der Waals surface area contributed by atoms with E-state index in [0.29, 0.717) is 13.5 Å². The van der Waals surface area contributed by atoms with E-state index in [-0.39, 0.29) is 24.1 Å². The molecule has 11 heteroatoms. The van der Waals surface area contributed by atoms with E-state index in [1.165, 1.54) is 0 Å². The van der Waals surface area contributed by atoms with E-state index in [1.807, 2.05) is 42.4 Å². The Labute approximate surface area is 255 Å². The van der Waals surface area contributed by atoms with Crippen molar-refractivity contribution in [3.05, 3.63) is 24.0 Å². The van der Waals surface area contributed by atoms with Crippen LogP contribution in [0.2, 0.25) is 51.4 Å². The van der Waals surface area contributed by atoms with Crippen LogP contribution >= 0.6 is 0 Å². The summed E-state index contributed by atoms with van der Waals surface area (Å²) >= 11 is 0. The zero-order valence-electron chi connectivity index (χ0n) is 27.6. The van der Waals surface area contributed by atoms with Crippen molar-refractivity contribution >= 4 is 33.7 Å². The Bertz CT molecular complexity index is 1150. The fraction of sp³-hybridized carbons (Fsp3) is 0.774. The molecule has 2 atom stereocenters. The van der Waals surface area contributed by atoms with E-state index in [2.05, 4.69) is 55.3 Å². The Hall–Kier alpha value is -1.96. The van der Waals surface area contributed by atoms with Crippen LogP contribution in [0.15, 0.2) is 18.3 Å². The molecule has 0 saturated carbocycles. The summed E-state index contributed by atoms with van der Waals surface area (Å²) < 4.78 is 20.2. The highest BCUT2D eigenvalue weighted by atomic mass is 28.3. The van der Waals surface area contributed by atoms with Gasteiger partial charge in [-0.2, -0.15) is 9.61 Å². The molecule has 1 amide bonds. The van der Waals surface area contributed by atoms with Crippen LogP contribution < -0.4 is 4.90 Å². The van der Waals surface area contributed by atoms with Gasteiger partial charge < -0.3 is 24.0 Å². The first kappa shape index (κ1) is 32.9. The number of ether oxygens (including phenoxy) is 3. The summed E-state index contributed by atoms with van der Waals surface area (Å²) in [7, 11) is -2.40. The van der Waals surface area contributed by atoms with E-state index >= 15 is 0 Å². The van der Waals surface area contributed by atoms with Gasteiger partial charge in [-0.05, 0) is 65.0 Å². The van der Waals surface area contributed by atoms with Gasteiger partial charge in [-0.15, -0.1) is 0 Å². The molecule has 2 aromatic rings. The van der Waals surface area contributed by atoms with Crippen molar-refractivity contribution in [3.63, 3.8) is 0 Å². The zero-order valence-corrected chi connectivity index (χ0v) is 29.6. The summed E-state index contributed by atoms with van der Waals surface area (Å²) in [6.45, 7) is 22.4. The van der Waals surface area contributed by atoms with Crippen molar-refractivity contribution in [3.8, 4) is 0 Å². The molecular formula is C31H55N5O4Si2. The van der Waals surface area contributed by atoms with Gasteiger partial charge in [0.25, 0.3) is 0 Å². The minimum Gasteiger partial charge on any atom is -0.444 e. The van der Waals surface area contributed by atoms with Gasteiger partial charge in [0, 0.05) is 65.2 Å². The molecular weight excluding hydrogens is 563 g/mol. The number of piperidine rings is 2. The standard InChI is InChI=1S/C31H55N5O4Si2/c1-31(2,3)40-30(37)35-25-11-10-12-26(35)20-24(19-25)27-21-29(36-28(33-27)13-14-32-36)34(22-38-15-17-41(4,5)6)23-39-16-18-42(7,8)9/h13-14,21,24-26H,10-12,15-20,22-23H2,1-9H3. The summed E-state index contributed by atoms with van der Waals surface area (Å²) in [5.74, 6) is 1.21. The first-order valence-corrected chi connectivity index (χ1v) is 23.3. The molecule has 2 unspecified atom stereocenters. The number of amides is 1. The van der Waals surface area contributed by atoms with Gasteiger partial charge in [0.2, 0.25) is 0 Å². The number of carbonyl (C=O) groups is 1. The molecule has 0 spiro atoms. The predicted octanol–water partition coefficient (Wildman–Crippen LogP) is 7.20. The lowest BCUT2D eigenvalue weighted by Crippen LogP contribution is -2.55. The predicted molar refractivity (Wildman–Crippen MR) is 175 cm³/mol. The largest absolute Gasteiger partial charge is 0.444 e. The molecule has 2 saturated heterocycles. The molecule has 2 aliphatic rings. The summed E-state index contributed by atoms with van der Waals surface area (Å²) in [5, 5.41) is 4.63. The molecule has 0 aromatic carbocycles. The molecule has 9 nitrogen and oxygen atoms in total. The normalized spacial score (nSPS) is 21.5. The van der Waals surface area contributed by atoms with E-state index in [9.17, 15) is 4.79 Å². The maximum atomic E-state index is 13.2. The van der Waals surface area contributed by atoms with Gasteiger partial charge in [-0.1, -0.05) is 39.3 Å². The Morgan fingerprint density at radius 2 is 1.55 bits per heavy atom. The number of rotatable bonds is 12. The van der Waals surface area contributed by atoms with Gasteiger partial charge in [0.15, 0.2) is 5.65 Å². The third-order valence-corrected chi connectivity index (χ3v) is 11.6. The minimum atomic E-state index is -1.20. The van der Waals surface area contributed by atoms with Crippen molar-refractivity contribution < 1.29 is 19.0 Å². The number of fused-ring (bicyclic) bond motifs is 3. The average Bonchev–Trinajstić information content (AvgIpc) is 3.33. The van der Waals surface area contributed by atoms with Gasteiger partial charge in [-0.3, -0.25) is 0 Å². The Kier molecular flexibility index (Phi) is 10.5. The second-order valence-electron chi connectivity index (χ2n) is 15.7. The highest BCUT2D eigenvalue weighted by Gasteiger charge is 2.43. The molecule has 0 N–H and O–H groups in total. The van der Waals surface area contributed by atoms with E-state index in [0.717, 1.165) is 74.6 Å². The summed E-state index contributed by atoms with van der Waals surface area (Å²) in [6.07, 6.45) is 6.60. The molecule has 236 valence electrons. The number of carbonyl (C=O) groups excluding carboxylic acids is 1. The smallest absolute Gasteiger partial charge is 0.410 e. The van der Waals surface area contributed by atoms with E-state index in [4.69, 9.17) is 19.2 Å². The molecule has 0 aliphatic carbocycles. The fourth-order valence-corrected chi connectivity index (χ4v) is 7.37. The lowest BCUT2D eigenvalue weighted by molar-refractivity contribution is -0.0219. The summed E-state index contributed by atoms with van der Waals surface area (Å²) in [5.41, 5.74) is 1.40. The second kappa shape index (κ2) is 13.4. The summed E-state index contributed by atoms with van der Waals surface area (Å²) in [4.78, 5) is 22.5. The molecule has 2 aromatic heterocycles. The number of anilines is 1. The van der Waals surface area contributed by atoms with Gasteiger partial charge in [0.05, 0.1) is 6.20 Å². The minimum absolute atomic E-state index is 0.173. The number of hydrogen-bond donors (Lipinski definition) is 0. The number of aromatic nitrogens is 3. The first-order valence-electron chi connectivity index (χ1n) is 15.9. The lowest BCUT2D eigenvalue weighted by atomic mass is 9.77. The quantitative estimate of drug-likeness (QED) is 0.142. The van der Waals surface area contributed by atoms with Crippen LogP contribution in [0.4, 0.5) is 10.6 Å². The highest BCUT2D eigenvalue weighted by molar-refractivity contribution is 6.76. The monoisotopic (exact) mass is 617 g/mol. The molecule has 42 heavy (non-hydrogen) atoms. The van der Waals surface area contributed by atoms with Crippen molar-refractivity contribution in [1.29, 1.82) is 0 Å². The maximum Gasteiger partial charge on any atom is 0.410 e. The Morgan fingerprint density at radius 1 is 0.976 bits per heavy atom. The molecule has 0 radical (unpaired) electrons. The lowest BCUT2D eigenvalue weighted by Gasteiger charge is -2.48. The van der Waals surface area contributed by atoms with E-state index < -0.39 is 21.7 Å². The van der Waals surface area contributed by atoms with Crippen LogP contribution in [-0.4, -0.2) is 86.1 Å². The van der Waals surface area contributed by atoms with Crippen molar-refractivity contribution in [1.82, 2.24) is 19.5 Å². The fourth-order valence-electron chi connectivity index (χ4n) is 5.86. The molecule has 4 rings (SSSR count). The third-order valence-electron chi connectivity index (χ3n) is 8.17. The van der Waals surface area contributed by atoms with Crippen LogP contribution in [0.5, 0.6) is 0 Å². The van der Waals surface area contributed by atoms with Gasteiger partial charge in [-0.25, -0.2) is 9.78 Å². The van der Waals surface area contributed by atoms with E-state index in [1.54, 1.807) is 0 Å². The molecule has 2 fully saturated rings. The van der Waals surface area contributed by atoms with Crippen LogP contribution in [-0.2, 0) is 14.2 Å². The number of nitrogens with zero attached hydrogens (tertiary/aromatic N) is 5. The van der Waals surface area contributed by atoms with Crippen molar-refractivity contribution in [2.24, 2.45) is 0 Å². The Balaban J connectivity index is 1.56. The summed E-state index contributed by atoms with van der Waals surface area (Å²) in [6, 6.07) is 6.75.